The Hall–Kier alpha value is -2.14. The van der Waals surface area contributed by atoms with Crippen LogP contribution >= 0.6 is 15.9 Å². The Morgan fingerprint density at radius 3 is 2.18 bits per heavy atom. The fourth-order valence-electron chi connectivity index (χ4n) is 1.92. The Bertz CT molecular complexity index is 671. The Balaban J connectivity index is 2.29. The van der Waals surface area contributed by atoms with Gasteiger partial charge in [-0.15, -0.1) is 0 Å². The first-order valence-corrected chi connectivity index (χ1v) is 7.51. The molecule has 0 aliphatic rings. The normalized spacial score (nSPS) is 11.6. The smallest absolute Gasteiger partial charge is 0.340 e. The van der Waals surface area contributed by atoms with Crippen molar-refractivity contribution in [1.82, 2.24) is 4.90 Å². The maximum absolute atomic E-state index is 12.4. The first-order valence-electron chi connectivity index (χ1n) is 6.72. The minimum absolute atomic E-state index is 0.286. The van der Waals surface area contributed by atoms with Crippen molar-refractivity contribution in [3.05, 3.63) is 70.2 Å². The molecule has 0 radical (unpaired) electrons. The highest BCUT2D eigenvalue weighted by Gasteiger charge is 2.27. The van der Waals surface area contributed by atoms with Gasteiger partial charge in [0, 0.05) is 24.1 Å². The molecule has 114 valence electrons. The number of benzene rings is 2. The van der Waals surface area contributed by atoms with Crippen LogP contribution in [0.3, 0.4) is 0 Å². The van der Waals surface area contributed by atoms with Crippen LogP contribution in [0.1, 0.15) is 22.0 Å². The Labute approximate surface area is 137 Å². The van der Waals surface area contributed by atoms with E-state index >= 15 is 0 Å². The predicted octanol–water partition coefficient (Wildman–Crippen LogP) is 3.44. The van der Waals surface area contributed by atoms with Crippen LogP contribution in [0.5, 0.6) is 0 Å². The van der Waals surface area contributed by atoms with E-state index in [1.807, 2.05) is 6.07 Å². The fourth-order valence-corrected chi connectivity index (χ4v) is 2.37. The summed E-state index contributed by atoms with van der Waals surface area (Å²) in [5.74, 6) is -0.830. The third kappa shape index (κ3) is 3.74. The number of nitrogens with zero attached hydrogens (tertiary/aromatic N) is 1. The zero-order valence-electron chi connectivity index (χ0n) is 12.3. The number of esters is 1. The second-order valence-corrected chi connectivity index (χ2v) is 5.76. The molecule has 0 aromatic heterocycles. The monoisotopic (exact) mass is 361 g/mol. The molecule has 0 aliphatic heterocycles. The average Bonchev–Trinajstić information content (AvgIpc) is 2.53. The summed E-state index contributed by atoms with van der Waals surface area (Å²) in [6.07, 6.45) is -0.962. The van der Waals surface area contributed by atoms with Gasteiger partial charge in [0.25, 0.3) is 5.91 Å². The number of amides is 1. The van der Waals surface area contributed by atoms with Gasteiger partial charge in [-0.1, -0.05) is 42.5 Å². The van der Waals surface area contributed by atoms with Gasteiger partial charge in [-0.05, 0) is 28.1 Å². The molecule has 5 heteroatoms. The number of ether oxygens (including phenoxy) is 1. The highest BCUT2D eigenvalue weighted by atomic mass is 79.9. The lowest BCUT2D eigenvalue weighted by Gasteiger charge is -2.21. The van der Waals surface area contributed by atoms with Gasteiger partial charge in [-0.2, -0.15) is 0 Å². The second-order valence-electron chi connectivity index (χ2n) is 4.91. The molecule has 2 aromatic rings. The largest absolute Gasteiger partial charge is 0.444 e. The van der Waals surface area contributed by atoms with Crippen molar-refractivity contribution >= 4 is 27.8 Å². The molecule has 1 amide bonds. The van der Waals surface area contributed by atoms with Crippen LogP contribution in [0.15, 0.2) is 59.1 Å². The topological polar surface area (TPSA) is 46.6 Å². The Morgan fingerprint density at radius 2 is 1.59 bits per heavy atom. The standard InChI is InChI=1S/C17H16BrNO3/c1-19(2)16(20)15(12-8-4-3-5-9-12)22-17(21)13-10-6-7-11-14(13)18/h3-11,15H,1-2H3. The molecule has 0 aliphatic carbocycles. The van der Waals surface area contributed by atoms with Crippen molar-refractivity contribution in [2.75, 3.05) is 14.1 Å². The summed E-state index contributed by atoms with van der Waals surface area (Å²) < 4.78 is 6.10. The Kier molecular flexibility index (Phi) is 5.33. The molecule has 0 saturated carbocycles. The lowest BCUT2D eigenvalue weighted by molar-refractivity contribution is -0.138. The van der Waals surface area contributed by atoms with Crippen molar-refractivity contribution in [3.8, 4) is 0 Å². The quantitative estimate of drug-likeness (QED) is 0.783. The summed E-state index contributed by atoms with van der Waals surface area (Å²) in [6.45, 7) is 0. The van der Waals surface area contributed by atoms with Crippen molar-refractivity contribution in [3.63, 3.8) is 0 Å². The van der Waals surface area contributed by atoms with Gasteiger partial charge in [0.15, 0.2) is 0 Å². The van der Waals surface area contributed by atoms with Gasteiger partial charge in [0.1, 0.15) is 0 Å². The van der Waals surface area contributed by atoms with Crippen molar-refractivity contribution in [2.45, 2.75) is 6.10 Å². The lowest BCUT2D eigenvalue weighted by Crippen LogP contribution is -2.31. The maximum Gasteiger partial charge on any atom is 0.340 e. The summed E-state index contributed by atoms with van der Waals surface area (Å²) in [5, 5.41) is 0. The average molecular weight is 362 g/mol. The van der Waals surface area contributed by atoms with Gasteiger partial charge in [-0.25, -0.2) is 4.79 Å². The molecule has 0 heterocycles. The third-order valence-corrected chi connectivity index (χ3v) is 3.78. The van der Waals surface area contributed by atoms with Gasteiger partial charge in [0.2, 0.25) is 6.10 Å². The number of rotatable bonds is 4. The lowest BCUT2D eigenvalue weighted by atomic mass is 10.1. The summed E-state index contributed by atoms with van der Waals surface area (Å²) in [6, 6.07) is 15.9. The molecule has 0 bridgehead atoms. The summed E-state index contributed by atoms with van der Waals surface area (Å²) in [4.78, 5) is 26.1. The molecule has 0 spiro atoms. The summed E-state index contributed by atoms with van der Waals surface area (Å²) >= 11 is 3.31. The van der Waals surface area contributed by atoms with E-state index in [1.54, 1.807) is 62.6 Å². The van der Waals surface area contributed by atoms with Gasteiger partial charge < -0.3 is 9.64 Å². The molecule has 0 fully saturated rings. The van der Waals surface area contributed by atoms with Crippen LogP contribution in [0, 0.1) is 0 Å². The van der Waals surface area contributed by atoms with E-state index in [1.165, 1.54) is 4.90 Å². The highest BCUT2D eigenvalue weighted by molar-refractivity contribution is 9.10. The van der Waals surface area contributed by atoms with Crippen molar-refractivity contribution in [1.29, 1.82) is 0 Å². The number of hydrogen-bond donors (Lipinski definition) is 0. The van der Waals surface area contributed by atoms with Gasteiger partial charge in [0.05, 0.1) is 5.56 Å². The van der Waals surface area contributed by atoms with E-state index < -0.39 is 12.1 Å². The molecule has 2 aromatic carbocycles. The van der Waals surface area contributed by atoms with E-state index in [9.17, 15) is 9.59 Å². The molecule has 1 unspecified atom stereocenters. The SMILES string of the molecule is CN(C)C(=O)C(OC(=O)c1ccccc1Br)c1ccccc1. The van der Waals surface area contributed by atoms with Gasteiger partial charge in [-0.3, -0.25) is 4.79 Å². The number of hydrogen-bond acceptors (Lipinski definition) is 3. The molecule has 0 saturated heterocycles. The van der Waals surface area contributed by atoms with Crippen LogP contribution in [-0.4, -0.2) is 30.9 Å². The summed E-state index contributed by atoms with van der Waals surface area (Å²) in [5.41, 5.74) is 1.02. The number of carbonyl (C=O) groups is 2. The number of likely N-dealkylation sites (N-methyl/N-ethyl adjacent to an activating group) is 1. The van der Waals surface area contributed by atoms with E-state index in [-0.39, 0.29) is 5.91 Å². The van der Waals surface area contributed by atoms with E-state index in [0.717, 1.165) is 0 Å². The molecule has 0 N–H and O–H groups in total. The first kappa shape index (κ1) is 16.2. The minimum Gasteiger partial charge on any atom is -0.444 e. The zero-order chi connectivity index (χ0) is 16.1. The van der Waals surface area contributed by atoms with E-state index in [2.05, 4.69) is 15.9 Å². The van der Waals surface area contributed by atoms with Crippen LogP contribution in [0.25, 0.3) is 0 Å². The number of halogens is 1. The van der Waals surface area contributed by atoms with Gasteiger partial charge >= 0.3 is 5.97 Å². The first-order chi connectivity index (χ1) is 10.5. The van der Waals surface area contributed by atoms with Crippen molar-refractivity contribution in [2.24, 2.45) is 0 Å². The van der Waals surface area contributed by atoms with Crippen LogP contribution in [-0.2, 0) is 9.53 Å². The molecular weight excluding hydrogens is 346 g/mol. The van der Waals surface area contributed by atoms with E-state index in [0.29, 0.717) is 15.6 Å². The molecule has 1 atom stereocenters. The van der Waals surface area contributed by atoms with Crippen molar-refractivity contribution < 1.29 is 14.3 Å². The zero-order valence-corrected chi connectivity index (χ0v) is 13.9. The van der Waals surface area contributed by atoms with Crippen LogP contribution in [0.2, 0.25) is 0 Å². The summed E-state index contributed by atoms with van der Waals surface area (Å²) in [7, 11) is 3.26. The van der Waals surface area contributed by atoms with Crippen LogP contribution < -0.4 is 0 Å². The third-order valence-electron chi connectivity index (χ3n) is 3.09. The minimum atomic E-state index is -0.962. The highest BCUT2D eigenvalue weighted by Crippen LogP contribution is 2.24. The molecular formula is C17H16BrNO3. The second kappa shape index (κ2) is 7.22. The van der Waals surface area contributed by atoms with Crippen LogP contribution in [0.4, 0.5) is 0 Å². The Morgan fingerprint density at radius 1 is 1.00 bits per heavy atom. The fraction of sp³-hybridized carbons (Fsp3) is 0.176. The maximum atomic E-state index is 12.4. The van der Waals surface area contributed by atoms with E-state index in [4.69, 9.17) is 4.74 Å². The number of carbonyl (C=O) groups excluding carboxylic acids is 2. The molecule has 2 rings (SSSR count). The molecule has 4 nitrogen and oxygen atoms in total. The molecule has 22 heavy (non-hydrogen) atoms. The predicted molar refractivity (Wildman–Crippen MR) is 87.4 cm³/mol.